The summed E-state index contributed by atoms with van der Waals surface area (Å²) >= 11 is 3.49. The number of pyridine rings is 1. The van der Waals surface area contributed by atoms with Crippen LogP contribution in [0.4, 0.5) is 0 Å². The molecule has 0 saturated carbocycles. The molecule has 0 amide bonds. The molecule has 0 aliphatic rings. The van der Waals surface area contributed by atoms with Crippen LogP contribution in [0.25, 0.3) is 0 Å². The summed E-state index contributed by atoms with van der Waals surface area (Å²) in [5.74, 6) is 0.286. The Balaban J connectivity index is 1.95. The van der Waals surface area contributed by atoms with Gasteiger partial charge in [0.25, 0.3) is 0 Å². The molecular weight excluding hydrogens is 322 g/mol. The van der Waals surface area contributed by atoms with E-state index >= 15 is 0 Å². The molecule has 0 bridgehead atoms. The normalized spacial score (nSPS) is 12.0. The minimum absolute atomic E-state index is 0.286. The standard InChI is InChI=1S/C19H16BrN/c20-17-11-9-15(10-12-17)14-18(16-6-2-1-3-7-16)19-8-4-5-13-21-19/h1-13,18H,14H2. The molecule has 1 heterocycles. The number of aromatic nitrogens is 1. The monoisotopic (exact) mass is 337 g/mol. The third kappa shape index (κ3) is 3.59. The average Bonchev–Trinajstić information content (AvgIpc) is 2.56. The Kier molecular flexibility index (Phi) is 4.46. The van der Waals surface area contributed by atoms with Crippen LogP contribution in [0.15, 0.2) is 83.5 Å². The molecule has 21 heavy (non-hydrogen) atoms. The van der Waals surface area contributed by atoms with Crippen LogP contribution >= 0.6 is 15.9 Å². The van der Waals surface area contributed by atoms with Crippen LogP contribution in [0.5, 0.6) is 0 Å². The van der Waals surface area contributed by atoms with Crippen molar-refractivity contribution in [2.75, 3.05) is 0 Å². The SMILES string of the molecule is Brc1ccc(CC(c2ccccc2)c2ccccn2)cc1. The van der Waals surface area contributed by atoms with E-state index in [9.17, 15) is 0 Å². The molecule has 0 aliphatic heterocycles. The second-order valence-corrected chi connectivity index (χ2v) is 5.96. The first kappa shape index (κ1) is 14.0. The van der Waals surface area contributed by atoms with Gasteiger partial charge in [-0.15, -0.1) is 0 Å². The molecule has 0 N–H and O–H groups in total. The van der Waals surface area contributed by atoms with E-state index in [1.807, 2.05) is 12.3 Å². The lowest BCUT2D eigenvalue weighted by Crippen LogP contribution is -2.06. The lowest BCUT2D eigenvalue weighted by Gasteiger charge is -2.17. The fraction of sp³-hybridized carbons (Fsp3) is 0.105. The number of nitrogens with zero attached hydrogens (tertiary/aromatic N) is 1. The van der Waals surface area contributed by atoms with Crippen LogP contribution in [0, 0.1) is 0 Å². The van der Waals surface area contributed by atoms with Gasteiger partial charge in [-0.1, -0.05) is 64.5 Å². The van der Waals surface area contributed by atoms with Gasteiger partial charge in [-0.25, -0.2) is 0 Å². The largest absolute Gasteiger partial charge is 0.261 e. The van der Waals surface area contributed by atoms with Crippen molar-refractivity contribution < 1.29 is 0 Å². The zero-order valence-electron chi connectivity index (χ0n) is 11.6. The number of benzene rings is 2. The average molecular weight is 338 g/mol. The molecule has 1 atom stereocenters. The zero-order chi connectivity index (χ0) is 14.5. The predicted molar refractivity (Wildman–Crippen MR) is 90.4 cm³/mol. The highest BCUT2D eigenvalue weighted by molar-refractivity contribution is 9.10. The number of rotatable bonds is 4. The third-order valence-electron chi connectivity index (χ3n) is 3.60. The van der Waals surface area contributed by atoms with Gasteiger partial charge in [0.2, 0.25) is 0 Å². The number of halogens is 1. The van der Waals surface area contributed by atoms with E-state index in [0.29, 0.717) is 0 Å². The summed E-state index contributed by atoms with van der Waals surface area (Å²) in [6, 6.07) is 25.2. The van der Waals surface area contributed by atoms with Gasteiger partial charge < -0.3 is 0 Å². The van der Waals surface area contributed by atoms with Crippen LogP contribution in [-0.4, -0.2) is 4.98 Å². The lowest BCUT2D eigenvalue weighted by molar-refractivity contribution is 0.774. The van der Waals surface area contributed by atoms with E-state index in [0.717, 1.165) is 16.6 Å². The Labute approximate surface area is 133 Å². The van der Waals surface area contributed by atoms with Gasteiger partial charge in [0.1, 0.15) is 0 Å². The van der Waals surface area contributed by atoms with E-state index in [1.54, 1.807) is 0 Å². The molecular formula is C19H16BrN. The van der Waals surface area contributed by atoms with Crippen molar-refractivity contribution in [1.82, 2.24) is 4.98 Å². The fourth-order valence-electron chi connectivity index (χ4n) is 2.52. The van der Waals surface area contributed by atoms with Crippen molar-refractivity contribution in [2.45, 2.75) is 12.3 Å². The maximum Gasteiger partial charge on any atom is 0.0481 e. The minimum Gasteiger partial charge on any atom is -0.261 e. The van der Waals surface area contributed by atoms with Gasteiger partial charge in [0.15, 0.2) is 0 Å². The Bertz CT molecular complexity index is 638. The van der Waals surface area contributed by atoms with Crippen LogP contribution in [0.3, 0.4) is 0 Å². The summed E-state index contributed by atoms with van der Waals surface area (Å²) in [6.07, 6.45) is 2.82. The first-order chi connectivity index (χ1) is 10.3. The lowest BCUT2D eigenvalue weighted by atomic mass is 9.89. The number of hydrogen-bond donors (Lipinski definition) is 0. The van der Waals surface area contributed by atoms with E-state index < -0.39 is 0 Å². The maximum absolute atomic E-state index is 4.56. The van der Waals surface area contributed by atoms with Gasteiger partial charge >= 0.3 is 0 Å². The van der Waals surface area contributed by atoms with Crippen molar-refractivity contribution in [3.05, 3.63) is 100 Å². The second-order valence-electron chi connectivity index (χ2n) is 5.05. The molecule has 0 spiro atoms. The van der Waals surface area contributed by atoms with Crippen LogP contribution < -0.4 is 0 Å². The Morgan fingerprint density at radius 1 is 0.810 bits per heavy atom. The molecule has 0 radical (unpaired) electrons. The first-order valence-electron chi connectivity index (χ1n) is 7.03. The van der Waals surface area contributed by atoms with Gasteiger partial charge in [-0.3, -0.25) is 4.98 Å². The van der Waals surface area contributed by atoms with E-state index in [2.05, 4.69) is 87.6 Å². The quantitative estimate of drug-likeness (QED) is 0.636. The molecule has 1 unspecified atom stereocenters. The summed E-state index contributed by atoms with van der Waals surface area (Å²) in [5.41, 5.74) is 3.74. The molecule has 104 valence electrons. The fourth-order valence-corrected chi connectivity index (χ4v) is 2.78. The first-order valence-corrected chi connectivity index (χ1v) is 7.82. The maximum atomic E-state index is 4.56. The van der Waals surface area contributed by atoms with Crippen LogP contribution in [-0.2, 0) is 6.42 Å². The van der Waals surface area contributed by atoms with Crippen LogP contribution in [0.2, 0.25) is 0 Å². The minimum atomic E-state index is 0.286. The summed E-state index contributed by atoms with van der Waals surface area (Å²) in [6.45, 7) is 0. The summed E-state index contributed by atoms with van der Waals surface area (Å²) in [5, 5.41) is 0. The highest BCUT2D eigenvalue weighted by Gasteiger charge is 2.15. The smallest absolute Gasteiger partial charge is 0.0481 e. The third-order valence-corrected chi connectivity index (χ3v) is 4.13. The molecule has 3 aromatic rings. The van der Waals surface area contributed by atoms with Gasteiger partial charge in [0, 0.05) is 22.3 Å². The molecule has 2 aromatic carbocycles. The van der Waals surface area contributed by atoms with Crippen LogP contribution in [0.1, 0.15) is 22.7 Å². The molecule has 2 heteroatoms. The van der Waals surface area contributed by atoms with Crippen molar-refractivity contribution in [1.29, 1.82) is 0 Å². The predicted octanol–water partition coefficient (Wildman–Crippen LogP) is 5.22. The summed E-state index contributed by atoms with van der Waals surface area (Å²) in [4.78, 5) is 4.56. The van der Waals surface area contributed by atoms with E-state index in [4.69, 9.17) is 0 Å². The van der Waals surface area contributed by atoms with Crippen molar-refractivity contribution in [3.63, 3.8) is 0 Å². The highest BCUT2D eigenvalue weighted by atomic mass is 79.9. The summed E-state index contributed by atoms with van der Waals surface area (Å²) in [7, 11) is 0. The van der Waals surface area contributed by atoms with Crippen molar-refractivity contribution >= 4 is 15.9 Å². The second kappa shape index (κ2) is 6.68. The van der Waals surface area contributed by atoms with Crippen molar-refractivity contribution in [3.8, 4) is 0 Å². The van der Waals surface area contributed by atoms with Crippen molar-refractivity contribution in [2.24, 2.45) is 0 Å². The number of hydrogen-bond acceptors (Lipinski definition) is 1. The van der Waals surface area contributed by atoms with Gasteiger partial charge in [-0.2, -0.15) is 0 Å². The Morgan fingerprint density at radius 2 is 1.52 bits per heavy atom. The summed E-state index contributed by atoms with van der Waals surface area (Å²) < 4.78 is 1.11. The zero-order valence-corrected chi connectivity index (χ0v) is 13.2. The molecule has 0 aliphatic carbocycles. The molecule has 0 saturated heterocycles. The van der Waals surface area contributed by atoms with Gasteiger partial charge in [0.05, 0.1) is 0 Å². The topological polar surface area (TPSA) is 12.9 Å². The Hall–Kier alpha value is -1.93. The Morgan fingerprint density at radius 3 is 2.19 bits per heavy atom. The van der Waals surface area contributed by atoms with E-state index in [1.165, 1.54) is 11.1 Å². The molecule has 1 aromatic heterocycles. The van der Waals surface area contributed by atoms with Gasteiger partial charge in [-0.05, 0) is 41.8 Å². The van der Waals surface area contributed by atoms with E-state index in [-0.39, 0.29) is 5.92 Å². The molecule has 1 nitrogen and oxygen atoms in total. The molecule has 3 rings (SSSR count). The highest BCUT2D eigenvalue weighted by Crippen LogP contribution is 2.27. The molecule has 0 fully saturated rings.